The minimum absolute atomic E-state index is 0.131. The van der Waals surface area contributed by atoms with E-state index in [-0.39, 0.29) is 19.6 Å². The summed E-state index contributed by atoms with van der Waals surface area (Å²) in [5.41, 5.74) is 0. The molecule has 0 saturated carbocycles. The normalized spacial score (nSPS) is 10.9. The highest BCUT2D eigenvalue weighted by Crippen LogP contribution is 1.97. The lowest BCUT2D eigenvalue weighted by Crippen LogP contribution is -2.22. The molecule has 0 aromatic heterocycles. The lowest BCUT2D eigenvalue weighted by Gasteiger charge is -2.04. The molecule has 0 heterocycles. The van der Waals surface area contributed by atoms with Gasteiger partial charge in [0.15, 0.2) is 9.84 Å². The van der Waals surface area contributed by atoms with E-state index in [4.69, 9.17) is 0 Å². The monoisotopic (exact) mass is 252 g/mol. The Morgan fingerprint density at radius 2 is 1.50 bits per heavy atom. The molecule has 0 spiro atoms. The van der Waals surface area contributed by atoms with E-state index in [2.05, 4.69) is 9.47 Å². The van der Waals surface area contributed by atoms with Gasteiger partial charge in [-0.15, -0.1) is 0 Å². The van der Waals surface area contributed by atoms with E-state index < -0.39 is 33.3 Å². The fourth-order valence-corrected chi connectivity index (χ4v) is 1.99. The van der Waals surface area contributed by atoms with Crippen LogP contribution in [0.4, 0.5) is 0 Å². The Kier molecular flexibility index (Phi) is 6.71. The summed E-state index contributed by atoms with van der Waals surface area (Å²) in [7, 11) is -3.59. The highest BCUT2D eigenvalue weighted by Gasteiger charge is 2.19. The van der Waals surface area contributed by atoms with Crippen molar-refractivity contribution < 1.29 is 27.5 Å². The molecule has 0 bridgehead atoms. The first-order valence-electron chi connectivity index (χ1n) is 4.93. The summed E-state index contributed by atoms with van der Waals surface area (Å²) in [6, 6.07) is 0. The SMILES string of the molecule is CCOC(=O)CCS(=O)(=O)CC(=O)OCC. The molecule has 0 aliphatic carbocycles. The molecule has 0 unspecified atom stereocenters. The maximum Gasteiger partial charge on any atom is 0.321 e. The van der Waals surface area contributed by atoms with Crippen molar-refractivity contribution in [1.29, 1.82) is 0 Å². The second-order valence-electron chi connectivity index (χ2n) is 2.95. The van der Waals surface area contributed by atoms with Gasteiger partial charge >= 0.3 is 11.9 Å². The number of carbonyl (C=O) groups is 2. The average molecular weight is 252 g/mol. The van der Waals surface area contributed by atoms with Gasteiger partial charge in [-0.25, -0.2) is 8.42 Å². The number of sulfone groups is 1. The molecule has 0 aromatic rings. The van der Waals surface area contributed by atoms with E-state index in [9.17, 15) is 18.0 Å². The molecule has 0 fully saturated rings. The maximum absolute atomic E-state index is 11.3. The number of hydrogen-bond acceptors (Lipinski definition) is 6. The van der Waals surface area contributed by atoms with Gasteiger partial charge in [-0.05, 0) is 13.8 Å². The lowest BCUT2D eigenvalue weighted by atomic mass is 10.5. The number of rotatable bonds is 7. The predicted octanol–water partition coefficient (Wildman–Crippen LogP) is -0.0825. The van der Waals surface area contributed by atoms with Crippen molar-refractivity contribution in [2.24, 2.45) is 0 Å². The minimum Gasteiger partial charge on any atom is -0.466 e. The standard InChI is InChI=1S/C9H16O6S/c1-3-14-8(10)5-6-16(12,13)7-9(11)15-4-2/h3-7H2,1-2H3. The molecular formula is C9H16O6S. The van der Waals surface area contributed by atoms with Crippen LogP contribution in [-0.2, 0) is 28.9 Å². The van der Waals surface area contributed by atoms with Crippen molar-refractivity contribution in [3.63, 3.8) is 0 Å². The van der Waals surface area contributed by atoms with Gasteiger partial charge in [0.05, 0.1) is 25.4 Å². The fraction of sp³-hybridized carbons (Fsp3) is 0.778. The van der Waals surface area contributed by atoms with Crippen LogP contribution in [0.2, 0.25) is 0 Å². The molecule has 0 aliphatic heterocycles. The third kappa shape index (κ3) is 7.22. The first-order chi connectivity index (χ1) is 7.41. The third-order valence-electron chi connectivity index (χ3n) is 1.57. The van der Waals surface area contributed by atoms with Crippen LogP contribution in [0.1, 0.15) is 20.3 Å². The van der Waals surface area contributed by atoms with E-state index >= 15 is 0 Å². The van der Waals surface area contributed by atoms with Gasteiger partial charge in [0.2, 0.25) is 0 Å². The first kappa shape index (κ1) is 14.9. The van der Waals surface area contributed by atoms with Gasteiger partial charge in [0.1, 0.15) is 5.75 Å². The Balaban J connectivity index is 4.06. The Morgan fingerprint density at radius 1 is 1.00 bits per heavy atom. The van der Waals surface area contributed by atoms with Gasteiger partial charge in [-0.2, -0.15) is 0 Å². The molecular weight excluding hydrogens is 236 g/mol. The van der Waals surface area contributed by atoms with Crippen LogP contribution in [0.25, 0.3) is 0 Å². The summed E-state index contributed by atoms with van der Waals surface area (Å²) in [6.07, 6.45) is -0.240. The molecule has 0 amide bonds. The molecule has 6 nitrogen and oxygen atoms in total. The van der Waals surface area contributed by atoms with E-state index in [0.717, 1.165) is 0 Å². The third-order valence-corrected chi connectivity index (χ3v) is 3.07. The quantitative estimate of drug-likeness (QED) is 0.589. The van der Waals surface area contributed by atoms with Crippen LogP contribution in [0.15, 0.2) is 0 Å². The average Bonchev–Trinajstić information content (AvgIpc) is 2.15. The van der Waals surface area contributed by atoms with Crippen LogP contribution in [0, 0.1) is 0 Å². The second-order valence-corrected chi connectivity index (χ2v) is 5.14. The molecule has 0 aliphatic rings. The Hall–Kier alpha value is -1.11. The molecule has 0 N–H and O–H groups in total. The van der Waals surface area contributed by atoms with Gasteiger partial charge in [-0.3, -0.25) is 9.59 Å². The molecule has 0 aromatic carbocycles. The van der Waals surface area contributed by atoms with E-state index in [1.807, 2.05) is 0 Å². The molecule has 7 heteroatoms. The topological polar surface area (TPSA) is 86.7 Å². The highest BCUT2D eigenvalue weighted by molar-refractivity contribution is 7.92. The van der Waals surface area contributed by atoms with Crippen LogP contribution in [0.5, 0.6) is 0 Å². The van der Waals surface area contributed by atoms with E-state index in [0.29, 0.717) is 0 Å². The number of hydrogen-bond donors (Lipinski definition) is 0. The van der Waals surface area contributed by atoms with Gasteiger partial charge in [0.25, 0.3) is 0 Å². The fourth-order valence-electron chi connectivity index (χ4n) is 0.926. The predicted molar refractivity (Wildman–Crippen MR) is 56.5 cm³/mol. The zero-order valence-electron chi connectivity index (χ0n) is 9.39. The van der Waals surface area contributed by atoms with Crippen LogP contribution >= 0.6 is 0 Å². The molecule has 0 rings (SSSR count). The maximum atomic E-state index is 11.3. The van der Waals surface area contributed by atoms with Crippen molar-refractivity contribution in [2.45, 2.75) is 20.3 Å². The highest BCUT2D eigenvalue weighted by atomic mass is 32.2. The van der Waals surface area contributed by atoms with E-state index in [1.165, 1.54) is 0 Å². The van der Waals surface area contributed by atoms with Crippen LogP contribution < -0.4 is 0 Å². The Labute approximate surface area is 94.8 Å². The van der Waals surface area contributed by atoms with Gasteiger partial charge in [0, 0.05) is 0 Å². The summed E-state index contributed by atoms with van der Waals surface area (Å²) in [6.45, 7) is 3.55. The zero-order chi connectivity index (χ0) is 12.6. The number of ether oxygens (including phenoxy) is 2. The second kappa shape index (κ2) is 7.21. The van der Waals surface area contributed by atoms with Gasteiger partial charge < -0.3 is 9.47 Å². The number of carbonyl (C=O) groups excluding carboxylic acids is 2. The zero-order valence-corrected chi connectivity index (χ0v) is 10.2. The van der Waals surface area contributed by atoms with Crippen molar-refractivity contribution >= 4 is 21.8 Å². The molecule has 0 saturated heterocycles. The molecule has 0 atom stereocenters. The summed E-state index contributed by atoms with van der Waals surface area (Å²) in [5, 5.41) is 0. The molecule has 0 radical (unpaired) electrons. The van der Waals surface area contributed by atoms with Crippen molar-refractivity contribution in [1.82, 2.24) is 0 Å². The van der Waals surface area contributed by atoms with Crippen molar-refractivity contribution in [3.05, 3.63) is 0 Å². The summed E-state index contributed by atoms with van der Waals surface area (Å²) in [5.74, 6) is -2.48. The Morgan fingerprint density at radius 3 is 2.00 bits per heavy atom. The first-order valence-corrected chi connectivity index (χ1v) is 6.75. The van der Waals surface area contributed by atoms with Gasteiger partial charge in [-0.1, -0.05) is 0 Å². The number of esters is 2. The Bertz CT molecular complexity index is 332. The summed E-state index contributed by atoms with van der Waals surface area (Å²) >= 11 is 0. The van der Waals surface area contributed by atoms with Crippen LogP contribution in [0.3, 0.4) is 0 Å². The minimum atomic E-state index is -3.59. The largest absolute Gasteiger partial charge is 0.466 e. The lowest BCUT2D eigenvalue weighted by molar-refractivity contribution is -0.143. The summed E-state index contributed by atoms with van der Waals surface area (Å²) in [4.78, 5) is 21.8. The van der Waals surface area contributed by atoms with Crippen LogP contribution in [-0.4, -0.2) is 45.1 Å². The van der Waals surface area contributed by atoms with Crippen molar-refractivity contribution in [2.75, 3.05) is 24.7 Å². The molecule has 16 heavy (non-hydrogen) atoms. The smallest absolute Gasteiger partial charge is 0.321 e. The summed E-state index contributed by atoms with van der Waals surface area (Å²) < 4.78 is 31.7. The van der Waals surface area contributed by atoms with E-state index in [1.54, 1.807) is 13.8 Å². The molecule has 94 valence electrons. The van der Waals surface area contributed by atoms with Crippen molar-refractivity contribution in [3.8, 4) is 0 Å².